The Balaban J connectivity index is 2.29. The highest BCUT2D eigenvalue weighted by Gasteiger charge is 2.22. The first-order valence-corrected chi connectivity index (χ1v) is 7.23. The van der Waals surface area contributed by atoms with Gasteiger partial charge in [-0.05, 0) is 30.0 Å². The zero-order valence-electron chi connectivity index (χ0n) is 12.5. The van der Waals surface area contributed by atoms with Gasteiger partial charge in [0.2, 0.25) is 0 Å². The van der Waals surface area contributed by atoms with Gasteiger partial charge in [-0.25, -0.2) is 0 Å². The van der Waals surface area contributed by atoms with Crippen LogP contribution in [0.25, 0.3) is 27.2 Å². The number of aryl methyl sites for hydroxylation is 1. The van der Waals surface area contributed by atoms with Crippen LogP contribution in [0, 0.1) is 6.92 Å². The highest BCUT2D eigenvalue weighted by Crippen LogP contribution is 2.39. The molecule has 0 aliphatic carbocycles. The van der Waals surface area contributed by atoms with Crippen molar-refractivity contribution in [2.24, 2.45) is 0 Å². The van der Waals surface area contributed by atoms with Gasteiger partial charge in [0.05, 0.1) is 11.0 Å². The van der Waals surface area contributed by atoms with E-state index in [0.717, 1.165) is 0 Å². The van der Waals surface area contributed by atoms with Crippen LogP contribution >= 0.6 is 0 Å². The number of para-hydroxylation sites is 1. The highest BCUT2D eigenvalue weighted by molar-refractivity contribution is 6.15. The summed E-state index contributed by atoms with van der Waals surface area (Å²) in [6.07, 6.45) is 2.33. The Hall–Kier alpha value is -2.02. The second-order valence-corrected chi connectivity index (χ2v) is 6.89. The molecular formula is C19H19N. The molecule has 0 fully saturated rings. The standard InChI is InChI=1S/C19H19N/c1-12-8-9-17-15(10-12)13-6-5-7-14-16(19(2,3)4)11-20(17)18(13)14/h5-11H,1-4H3. The number of benzene rings is 2. The molecule has 1 heteroatoms. The van der Waals surface area contributed by atoms with E-state index < -0.39 is 0 Å². The normalized spacial score (nSPS) is 13.0. The first-order chi connectivity index (χ1) is 9.47. The Morgan fingerprint density at radius 1 is 0.900 bits per heavy atom. The molecule has 0 atom stereocenters. The molecule has 0 saturated heterocycles. The lowest BCUT2D eigenvalue weighted by atomic mass is 9.86. The van der Waals surface area contributed by atoms with E-state index in [1.54, 1.807) is 0 Å². The molecule has 0 saturated carbocycles. The maximum atomic E-state index is 2.38. The fourth-order valence-electron chi connectivity index (χ4n) is 3.36. The van der Waals surface area contributed by atoms with Crippen LogP contribution in [0.4, 0.5) is 0 Å². The van der Waals surface area contributed by atoms with Gasteiger partial charge < -0.3 is 4.40 Å². The van der Waals surface area contributed by atoms with Gasteiger partial charge in [-0.1, -0.05) is 50.6 Å². The molecule has 0 bridgehead atoms. The van der Waals surface area contributed by atoms with E-state index in [1.165, 1.54) is 38.3 Å². The van der Waals surface area contributed by atoms with E-state index in [1.807, 2.05) is 0 Å². The zero-order valence-corrected chi connectivity index (χ0v) is 12.5. The van der Waals surface area contributed by atoms with Crippen molar-refractivity contribution in [3.8, 4) is 0 Å². The zero-order chi connectivity index (χ0) is 14.1. The summed E-state index contributed by atoms with van der Waals surface area (Å²) in [6, 6.07) is 13.4. The summed E-state index contributed by atoms with van der Waals surface area (Å²) < 4.78 is 2.38. The van der Waals surface area contributed by atoms with Gasteiger partial charge in [0.1, 0.15) is 0 Å². The van der Waals surface area contributed by atoms with E-state index >= 15 is 0 Å². The largest absolute Gasteiger partial charge is 0.315 e. The molecule has 0 aliphatic heterocycles. The topological polar surface area (TPSA) is 4.41 Å². The molecular weight excluding hydrogens is 242 g/mol. The first kappa shape index (κ1) is 11.8. The van der Waals surface area contributed by atoms with Gasteiger partial charge in [0.25, 0.3) is 0 Å². The minimum atomic E-state index is 0.171. The van der Waals surface area contributed by atoms with Gasteiger partial charge in [0.15, 0.2) is 0 Å². The fourth-order valence-corrected chi connectivity index (χ4v) is 3.36. The molecule has 1 nitrogen and oxygen atoms in total. The predicted molar refractivity (Wildman–Crippen MR) is 87.0 cm³/mol. The van der Waals surface area contributed by atoms with Crippen LogP contribution in [-0.4, -0.2) is 4.40 Å². The lowest BCUT2D eigenvalue weighted by Crippen LogP contribution is -2.10. The fraction of sp³-hybridized carbons (Fsp3) is 0.263. The van der Waals surface area contributed by atoms with E-state index in [0.29, 0.717) is 0 Å². The summed E-state index contributed by atoms with van der Waals surface area (Å²) in [5.41, 5.74) is 5.61. The summed E-state index contributed by atoms with van der Waals surface area (Å²) >= 11 is 0. The highest BCUT2D eigenvalue weighted by atomic mass is 14.9. The van der Waals surface area contributed by atoms with Crippen molar-refractivity contribution in [1.82, 2.24) is 4.40 Å². The summed E-state index contributed by atoms with van der Waals surface area (Å²) in [5.74, 6) is 0. The monoisotopic (exact) mass is 261 g/mol. The number of hydrogen-bond acceptors (Lipinski definition) is 0. The number of nitrogens with zero attached hydrogens (tertiary/aromatic N) is 1. The Morgan fingerprint density at radius 2 is 1.65 bits per heavy atom. The molecule has 2 heterocycles. The lowest BCUT2D eigenvalue weighted by Gasteiger charge is -2.17. The third-order valence-electron chi connectivity index (χ3n) is 4.34. The molecule has 2 aromatic carbocycles. The minimum Gasteiger partial charge on any atom is -0.315 e. The number of hydrogen-bond donors (Lipinski definition) is 0. The smallest absolute Gasteiger partial charge is 0.0610 e. The maximum absolute atomic E-state index is 2.38. The van der Waals surface area contributed by atoms with Crippen molar-refractivity contribution >= 4 is 27.2 Å². The minimum absolute atomic E-state index is 0.171. The van der Waals surface area contributed by atoms with Crippen molar-refractivity contribution in [2.75, 3.05) is 0 Å². The van der Waals surface area contributed by atoms with Crippen molar-refractivity contribution < 1.29 is 0 Å². The molecule has 0 unspecified atom stereocenters. The molecule has 0 aliphatic rings. The van der Waals surface area contributed by atoms with Gasteiger partial charge in [0, 0.05) is 22.4 Å². The average Bonchev–Trinajstić information content (AvgIpc) is 2.91. The molecule has 20 heavy (non-hydrogen) atoms. The third kappa shape index (κ3) is 1.38. The predicted octanol–water partition coefficient (Wildman–Crippen LogP) is 5.29. The van der Waals surface area contributed by atoms with E-state index in [4.69, 9.17) is 0 Å². The van der Waals surface area contributed by atoms with Gasteiger partial charge in [-0.15, -0.1) is 0 Å². The van der Waals surface area contributed by atoms with E-state index in [-0.39, 0.29) is 5.41 Å². The van der Waals surface area contributed by atoms with Crippen LogP contribution in [-0.2, 0) is 5.41 Å². The molecule has 4 aromatic rings. The summed E-state index contributed by atoms with van der Waals surface area (Å²) in [6.45, 7) is 9.03. The number of rotatable bonds is 0. The van der Waals surface area contributed by atoms with Crippen molar-refractivity contribution in [2.45, 2.75) is 33.1 Å². The SMILES string of the molecule is Cc1ccc2c(c1)c1cccc3c(C(C)(C)C)cn2c31. The second-order valence-electron chi connectivity index (χ2n) is 6.89. The molecule has 100 valence electrons. The first-order valence-electron chi connectivity index (χ1n) is 7.23. The van der Waals surface area contributed by atoms with Gasteiger partial charge in [-0.3, -0.25) is 0 Å². The molecule has 0 spiro atoms. The Bertz CT molecular complexity index is 935. The molecule has 0 radical (unpaired) electrons. The van der Waals surface area contributed by atoms with Crippen molar-refractivity contribution in [1.29, 1.82) is 0 Å². The van der Waals surface area contributed by atoms with Crippen LogP contribution in [0.2, 0.25) is 0 Å². The van der Waals surface area contributed by atoms with E-state index in [2.05, 4.69) is 74.7 Å². The van der Waals surface area contributed by atoms with Crippen molar-refractivity contribution in [3.63, 3.8) is 0 Å². The molecule has 0 amide bonds. The Labute approximate surface area is 119 Å². The summed E-state index contributed by atoms with van der Waals surface area (Å²) in [5, 5.41) is 4.13. The third-order valence-corrected chi connectivity index (χ3v) is 4.34. The van der Waals surface area contributed by atoms with Crippen LogP contribution in [0.1, 0.15) is 31.9 Å². The maximum Gasteiger partial charge on any atom is 0.0610 e. The second kappa shape index (κ2) is 3.54. The Morgan fingerprint density at radius 3 is 2.40 bits per heavy atom. The molecule has 0 N–H and O–H groups in total. The van der Waals surface area contributed by atoms with Crippen LogP contribution in [0.3, 0.4) is 0 Å². The molecule has 4 rings (SSSR count). The Kier molecular flexibility index (Phi) is 2.09. The van der Waals surface area contributed by atoms with Gasteiger partial charge >= 0.3 is 0 Å². The molecule has 2 aromatic heterocycles. The van der Waals surface area contributed by atoms with Crippen LogP contribution < -0.4 is 0 Å². The summed E-state index contributed by atoms with van der Waals surface area (Å²) in [4.78, 5) is 0. The quantitative estimate of drug-likeness (QED) is 0.405. The summed E-state index contributed by atoms with van der Waals surface area (Å²) in [7, 11) is 0. The van der Waals surface area contributed by atoms with Crippen LogP contribution in [0.5, 0.6) is 0 Å². The average molecular weight is 261 g/mol. The number of fused-ring (bicyclic) bond motifs is 3. The lowest BCUT2D eigenvalue weighted by molar-refractivity contribution is 0.595. The number of aromatic nitrogens is 1. The van der Waals surface area contributed by atoms with Gasteiger partial charge in [-0.2, -0.15) is 0 Å². The van der Waals surface area contributed by atoms with Crippen LogP contribution in [0.15, 0.2) is 42.6 Å². The van der Waals surface area contributed by atoms with E-state index in [9.17, 15) is 0 Å². The van der Waals surface area contributed by atoms with Crippen molar-refractivity contribution in [3.05, 3.63) is 53.7 Å².